The van der Waals surface area contributed by atoms with Crippen LogP contribution < -0.4 is 26.1 Å². The van der Waals surface area contributed by atoms with Crippen molar-refractivity contribution in [2.75, 3.05) is 6.54 Å². The second-order valence-electron chi connectivity index (χ2n) is 13.4. The van der Waals surface area contributed by atoms with Gasteiger partial charge in [0.05, 0.1) is 36.8 Å². The Morgan fingerprint density at radius 3 is 1.63 bits per heavy atom. The maximum absolute atomic E-state index is 11.0. The minimum absolute atomic E-state index is 0. The summed E-state index contributed by atoms with van der Waals surface area (Å²) in [5.74, 6) is 1.32. The molecule has 0 radical (unpaired) electrons. The lowest BCUT2D eigenvalue weighted by Gasteiger charge is -2.13. The van der Waals surface area contributed by atoms with Gasteiger partial charge in [-0.05, 0) is 108 Å². The van der Waals surface area contributed by atoms with Gasteiger partial charge in [-0.25, -0.2) is 9.97 Å². The first-order chi connectivity index (χ1) is 28.4. The van der Waals surface area contributed by atoms with Gasteiger partial charge in [-0.15, -0.1) is 12.4 Å². The van der Waals surface area contributed by atoms with Crippen molar-refractivity contribution in [2.45, 2.75) is 90.8 Å². The fourth-order valence-electron chi connectivity index (χ4n) is 6.53. The molecule has 320 valence electrons. The molecule has 19 nitrogen and oxygen atoms in total. The van der Waals surface area contributed by atoms with Crippen molar-refractivity contribution in [3.8, 4) is 23.3 Å². The van der Waals surface area contributed by atoms with Crippen LogP contribution in [0.4, 0.5) is 0 Å². The van der Waals surface area contributed by atoms with Crippen molar-refractivity contribution >= 4 is 61.3 Å². The van der Waals surface area contributed by atoms with E-state index in [1.165, 1.54) is 0 Å². The van der Waals surface area contributed by atoms with E-state index in [9.17, 15) is 19.6 Å². The van der Waals surface area contributed by atoms with Crippen molar-refractivity contribution in [1.29, 1.82) is 5.53 Å². The number of aryl methyl sites for hydroxylation is 4. The molecule has 23 heteroatoms. The van der Waals surface area contributed by atoms with Crippen molar-refractivity contribution in [2.24, 2.45) is 20.8 Å². The predicted molar refractivity (Wildman–Crippen MR) is 222 cm³/mol. The first-order valence-electron chi connectivity index (χ1n) is 18.8. The zero-order valence-electron chi connectivity index (χ0n) is 33.2. The van der Waals surface area contributed by atoms with E-state index in [0.29, 0.717) is 57.7 Å². The molecule has 2 aliphatic heterocycles. The number of hydrogen-bond donors (Lipinski definition) is 6. The number of nitrogens with two attached hydrogens (primary N) is 1. The molecule has 0 saturated heterocycles. The Labute approximate surface area is 358 Å². The van der Waals surface area contributed by atoms with E-state index < -0.39 is 38.4 Å². The molecule has 2 unspecified atom stereocenters. The van der Waals surface area contributed by atoms with Crippen LogP contribution in [-0.2, 0) is 31.7 Å². The molecule has 4 heterocycles. The van der Waals surface area contributed by atoms with Crippen LogP contribution in [-0.4, -0.2) is 72.9 Å². The maximum Gasteiger partial charge on any atom is 0.492 e. The number of carboxylic acids is 2. The van der Waals surface area contributed by atoms with Gasteiger partial charge in [-0.2, -0.15) is 15.5 Å². The number of fused-ring (bicyclic) bond motifs is 2. The highest BCUT2D eigenvalue weighted by Gasteiger charge is 2.39. The van der Waals surface area contributed by atoms with Gasteiger partial charge in [-0.1, -0.05) is 24.4 Å². The first-order valence-corrected chi connectivity index (χ1v) is 19.2. The summed E-state index contributed by atoms with van der Waals surface area (Å²) in [6.07, 6.45) is 8.23. The van der Waals surface area contributed by atoms with E-state index in [1.807, 2.05) is 13.8 Å². The van der Waals surface area contributed by atoms with Crippen molar-refractivity contribution < 1.29 is 48.6 Å². The highest BCUT2D eigenvalue weighted by Crippen LogP contribution is 2.34. The summed E-state index contributed by atoms with van der Waals surface area (Å²) in [7, 11) is -2.34. The Balaban J connectivity index is 0.000000284. The Hall–Kier alpha value is -5.15. The Kier molecular flexibility index (Phi) is 20.4. The molecule has 60 heavy (non-hydrogen) atoms. The minimum atomic E-state index is -1.18. The molecule has 0 amide bonds. The molecule has 2 aromatic heterocycles. The van der Waals surface area contributed by atoms with Gasteiger partial charge >= 0.3 is 26.2 Å². The standard InChI is InChI=1S/C19H23BN2O5.C18H22BN3O5.ClHN4.ClH/c1-3-4-5-6-16-21-8-7-17(22-16)26-13-9-12(2)19-14(10-13)20(25)27-15(19)11-18(23)24;1-11-8-12(9-13-18(11)14(10-17(23)24)27-19(13)25)26-16-5-7-21-15(22-16)4-2-3-6-20;1-3-5-4-2;/h7-10,15,25H,3-6,11H2,1-2H3,(H,23,24);5,7-9,14,25H,2-4,6,10,20H2,1H3,(H,23,24);2H;1H. The summed E-state index contributed by atoms with van der Waals surface area (Å²) < 4.78 is 25.1. The molecule has 0 bridgehead atoms. The Morgan fingerprint density at radius 2 is 1.27 bits per heavy atom. The zero-order chi connectivity index (χ0) is 42.9. The lowest BCUT2D eigenvalue weighted by Crippen LogP contribution is -2.28. The van der Waals surface area contributed by atoms with Crippen LogP contribution in [0.15, 0.2) is 63.9 Å². The third kappa shape index (κ3) is 14.5. The van der Waals surface area contributed by atoms with E-state index >= 15 is 0 Å². The number of hydrogen-bond acceptors (Lipinski definition) is 15. The monoisotopic (exact) mass is 869 g/mol. The maximum atomic E-state index is 11.0. The van der Waals surface area contributed by atoms with Gasteiger partial charge in [0.15, 0.2) is 0 Å². The predicted octanol–water partition coefficient (Wildman–Crippen LogP) is 5.60. The lowest BCUT2D eigenvalue weighted by molar-refractivity contribution is -0.140. The Bertz CT molecular complexity index is 1960. The summed E-state index contributed by atoms with van der Waals surface area (Å²) in [4.78, 5) is 39.4. The highest BCUT2D eigenvalue weighted by atomic mass is 35.5. The minimum Gasteiger partial charge on any atom is -0.481 e. The molecule has 0 aliphatic carbocycles. The van der Waals surface area contributed by atoms with E-state index in [2.05, 4.69) is 53.7 Å². The second-order valence-corrected chi connectivity index (χ2v) is 13.6. The molecule has 4 aromatic rings. The number of ether oxygens (including phenoxy) is 2. The average Bonchev–Trinajstić information content (AvgIpc) is 3.66. The molecule has 7 N–H and O–H groups in total. The van der Waals surface area contributed by atoms with Crippen LogP contribution in [0.25, 0.3) is 0 Å². The molecule has 0 saturated carbocycles. The van der Waals surface area contributed by atoms with Gasteiger partial charge in [0, 0.05) is 37.4 Å². The van der Waals surface area contributed by atoms with Crippen molar-refractivity contribution in [3.63, 3.8) is 0 Å². The Morgan fingerprint density at radius 1 is 0.817 bits per heavy atom. The van der Waals surface area contributed by atoms with Crippen LogP contribution in [0.1, 0.15) is 98.0 Å². The van der Waals surface area contributed by atoms with Crippen LogP contribution in [0.3, 0.4) is 0 Å². The summed E-state index contributed by atoms with van der Waals surface area (Å²) in [5.41, 5.74) is 15.4. The summed E-state index contributed by atoms with van der Waals surface area (Å²) in [5, 5.41) is 43.4. The number of nitrogens with zero attached hydrogens (tertiary/aromatic N) is 7. The fourth-order valence-corrected chi connectivity index (χ4v) is 6.57. The highest BCUT2D eigenvalue weighted by molar-refractivity contribution is 6.62. The van der Waals surface area contributed by atoms with Gasteiger partial charge in [0.2, 0.25) is 11.8 Å². The third-order valence-electron chi connectivity index (χ3n) is 9.01. The molecule has 2 aromatic carbocycles. The van der Waals surface area contributed by atoms with Gasteiger partial charge in [0.25, 0.3) is 0 Å². The number of carboxylic acid groups (broad SMARTS) is 2. The van der Waals surface area contributed by atoms with E-state index in [4.69, 9.17) is 40.3 Å². The SMILES string of the molecule is CCCCCc1nccc(Oc2cc(C)c3c(c2)B(O)OC3CC(=O)O)n1.Cc1cc(Oc2ccnc(CCCCN)n2)cc2c1C(CC(=O)O)OB2O.Cl.N=NN=NCl. The van der Waals surface area contributed by atoms with Crippen molar-refractivity contribution in [3.05, 3.63) is 82.7 Å². The third-order valence-corrected chi connectivity index (χ3v) is 9.08. The van der Waals surface area contributed by atoms with Crippen LogP contribution in [0, 0.1) is 19.4 Å². The average molecular weight is 870 g/mol. The van der Waals surface area contributed by atoms with Crippen LogP contribution >= 0.6 is 24.2 Å². The summed E-state index contributed by atoms with van der Waals surface area (Å²) >= 11 is 4.55. The van der Waals surface area contributed by atoms with Crippen molar-refractivity contribution in [1.82, 2.24) is 19.9 Å². The number of aliphatic carboxylic acids is 2. The quantitative estimate of drug-likeness (QED) is 0.0326. The van der Waals surface area contributed by atoms with E-state index in [1.54, 1.807) is 48.8 Å². The number of benzene rings is 2. The molecule has 0 fully saturated rings. The van der Waals surface area contributed by atoms with Gasteiger partial charge in [0.1, 0.15) is 23.1 Å². The normalized spacial score (nSPS) is 14.8. The first kappa shape index (κ1) is 49.2. The van der Waals surface area contributed by atoms with E-state index in [-0.39, 0.29) is 25.2 Å². The number of halogens is 2. The number of carbonyl (C=O) groups is 2. The topological polar surface area (TPSA) is 290 Å². The smallest absolute Gasteiger partial charge is 0.481 e. The van der Waals surface area contributed by atoms with Crippen LogP contribution in [0.2, 0.25) is 0 Å². The van der Waals surface area contributed by atoms with E-state index in [0.717, 1.165) is 61.9 Å². The lowest BCUT2D eigenvalue weighted by atomic mass is 9.77. The van der Waals surface area contributed by atoms with Gasteiger partial charge < -0.3 is 44.8 Å². The number of aromatic nitrogens is 4. The molecule has 2 atom stereocenters. The summed E-state index contributed by atoms with van der Waals surface area (Å²) in [6.45, 7) is 6.46. The second kappa shape index (κ2) is 24.8. The largest absolute Gasteiger partial charge is 0.492 e. The fraction of sp³-hybridized carbons (Fsp3) is 0.405. The molecular weight excluding hydrogens is 823 g/mol. The molecular formula is C37H47B2Cl2N9O10. The molecule has 0 spiro atoms. The van der Waals surface area contributed by atoms with Crippen LogP contribution in [0.5, 0.6) is 23.3 Å². The molecule has 2 aliphatic rings. The number of unbranched alkanes of at least 4 members (excludes halogenated alkanes) is 3. The number of nitrogens with one attached hydrogen (secondary N) is 1. The molecule has 6 rings (SSSR count). The van der Waals surface area contributed by atoms with Gasteiger partial charge in [-0.3, -0.25) is 9.59 Å². The summed E-state index contributed by atoms with van der Waals surface area (Å²) in [6, 6.07) is 10.3. The zero-order valence-corrected chi connectivity index (χ0v) is 34.8. The number of rotatable bonds is 17.